The molecule has 4 heterocycles. The van der Waals surface area contributed by atoms with Gasteiger partial charge < -0.3 is 66.0 Å². The highest BCUT2D eigenvalue weighted by atomic mass is 32.2. The number of carbonyl (C=O) groups excluding carboxylic acids is 2. The Balaban J connectivity index is 0.889. The van der Waals surface area contributed by atoms with Gasteiger partial charge in [0.1, 0.15) is 23.0 Å². The van der Waals surface area contributed by atoms with E-state index in [1.807, 2.05) is 17.2 Å². The Hall–Kier alpha value is -5.79. The summed E-state index contributed by atoms with van der Waals surface area (Å²) in [5, 5.41) is 34.1. The number of carboxylic acid groups (broad SMARTS) is 2. The maximum atomic E-state index is 12.8. The monoisotopic (exact) mass is 955 g/mol. The molecule has 1 aliphatic rings. The number of hydrogen-bond acceptors (Lipinski definition) is 17. The minimum absolute atomic E-state index is 0.0123. The number of fused-ring (bicyclic) bond motifs is 1. The van der Waals surface area contributed by atoms with Crippen LogP contribution in [0, 0.1) is 0 Å². The number of carboxylic acids is 2. The lowest BCUT2D eigenvalue weighted by atomic mass is 10.1. The first-order chi connectivity index (χ1) is 32.4. The molecule has 3 aromatic heterocycles. The van der Waals surface area contributed by atoms with Crippen LogP contribution >= 0.6 is 11.8 Å². The van der Waals surface area contributed by atoms with Crippen molar-refractivity contribution in [2.24, 2.45) is 5.73 Å². The Morgan fingerprint density at radius 1 is 0.910 bits per heavy atom. The number of nitrogens with one attached hydrogen (secondary N) is 3. The van der Waals surface area contributed by atoms with Crippen molar-refractivity contribution in [3.63, 3.8) is 0 Å². The quantitative estimate of drug-likeness (QED) is 0.0351. The highest BCUT2D eigenvalue weighted by Crippen LogP contribution is 2.28. The number of anilines is 2. The van der Waals surface area contributed by atoms with Crippen LogP contribution in [0.15, 0.2) is 36.7 Å². The predicted octanol–water partition coefficient (Wildman–Crippen LogP) is 1.45. The molecular weight excluding hydrogens is 891 g/mol. The van der Waals surface area contributed by atoms with Gasteiger partial charge in [-0.1, -0.05) is 37.1 Å². The third-order valence-corrected chi connectivity index (χ3v) is 12.0. The molecule has 1 aliphatic heterocycles. The summed E-state index contributed by atoms with van der Waals surface area (Å²) in [6.45, 7) is 10.0. The Morgan fingerprint density at radius 3 is 2.37 bits per heavy atom. The van der Waals surface area contributed by atoms with E-state index in [2.05, 4.69) is 70.8 Å². The smallest absolute Gasteiger partial charge is 0.321 e. The third-order valence-electron chi connectivity index (χ3n) is 10.7. The maximum Gasteiger partial charge on any atom is 0.321 e. The molecule has 9 N–H and O–H groups in total. The molecule has 2 atom stereocenters. The number of aromatic nitrogens is 6. The van der Waals surface area contributed by atoms with Gasteiger partial charge in [-0.25, -0.2) is 14.5 Å². The van der Waals surface area contributed by atoms with E-state index in [1.165, 1.54) is 0 Å². The molecule has 24 heteroatoms. The number of thioether (sulfide) groups is 1. The molecular formula is C43H65N13O10S. The number of urea groups is 1. The molecule has 3 amide bonds. The van der Waals surface area contributed by atoms with E-state index in [9.17, 15) is 19.2 Å². The lowest BCUT2D eigenvalue weighted by molar-refractivity contribution is -0.138. The number of unbranched alkanes of at least 4 members (excludes halogenated alkanes) is 2. The molecule has 368 valence electrons. The minimum Gasteiger partial charge on any atom is -0.496 e. The Kier molecular flexibility index (Phi) is 21.6. The molecule has 0 bridgehead atoms. The van der Waals surface area contributed by atoms with Crippen LogP contribution in [-0.4, -0.2) is 176 Å². The Labute approximate surface area is 393 Å². The zero-order chi connectivity index (χ0) is 48.0. The number of nitrogens with two attached hydrogens (primary N) is 2. The van der Waals surface area contributed by atoms with Gasteiger partial charge in [-0.15, -0.1) is 16.9 Å². The van der Waals surface area contributed by atoms with Crippen molar-refractivity contribution >= 4 is 58.4 Å². The average Bonchev–Trinajstić information content (AvgIpc) is 3.95. The van der Waals surface area contributed by atoms with Gasteiger partial charge in [0, 0.05) is 63.3 Å². The summed E-state index contributed by atoms with van der Waals surface area (Å²) >= 11 is 0.871. The van der Waals surface area contributed by atoms with E-state index < -0.39 is 35.6 Å². The van der Waals surface area contributed by atoms with Gasteiger partial charge in [0.15, 0.2) is 5.82 Å². The molecule has 0 spiro atoms. The number of benzene rings is 1. The van der Waals surface area contributed by atoms with Crippen LogP contribution in [0.1, 0.15) is 49.4 Å². The van der Waals surface area contributed by atoms with Crippen molar-refractivity contribution in [1.82, 2.24) is 50.0 Å². The average molecular weight is 956 g/mol. The number of rotatable bonds is 31. The maximum absolute atomic E-state index is 12.8. The summed E-state index contributed by atoms with van der Waals surface area (Å²) in [7, 11) is 1.69. The largest absolute Gasteiger partial charge is 0.496 e. The number of nitrogen functional groups attached to an aromatic ring is 1. The van der Waals surface area contributed by atoms with Crippen LogP contribution in [0.25, 0.3) is 11.0 Å². The SMILES string of the molecule is CCCCCNc1nc(N)nc2ccn(Cc3ccc(CN4CCN(C(=O)NCCOCCOCCOCCn5cc(CNC(=O)C(CC(=O)O)SC[C@H](N)C(=O)O)nn5)CC4)cc3OC)c12. The first-order valence-corrected chi connectivity index (χ1v) is 23.5. The molecule has 4 aromatic rings. The zero-order valence-electron chi connectivity index (χ0n) is 38.3. The molecule has 5 rings (SSSR count). The summed E-state index contributed by atoms with van der Waals surface area (Å²) < 4.78 is 26.3. The molecule has 0 aliphatic carbocycles. The van der Waals surface area contributed by atoms with Crippen LogP contribution < -0.4 is 32.2 Å². The van der Waals surface area contributed by atoms with Gasteiger partial charge >= 0.3 is 18.0 Å². The Bertz CT molecular complexity index is 2190. The van der Waals surface area contributed by atoms with E-state index >= 15 is 0 Å². The molecule has 67 heavy (non-hydrogen) atoms. The van der Waals surface area contributed by atoms with Crippen LogP contribution in [0.3, 0.4) is 0 Å². The van der Waals surface area contributed by atoms with Gasteiger partial charge in [-0.3, -0.25) is 19.3 Å². The van der Waals surface area contributed by atoms with Crippen LogP contribution in [0.5, 0.6) is 5.75 Å². The fourth-order valence-corrected chi connectivity index (χ4v) is 8.15. The van der Waals surface area contributed by atoms with Gasteiger partial charge in [0.2, 0.25) is 11.9 Å². The highest BCUT2D eigenvalue weighted by Gasteiger charge is 2.25. The van der Waals surface area contributed by atoms with Crippen molar-refractivity contribution in [3.05, 3.63) is 53.5 Å². The van der Waals surface area contributed by atoms with Crippen LogP contribution in [0.4, 0.5) is 16.6 Å². The van der Waals surface area contributed by atoms with Gasteiger partial charge in [0.25, 0.3) is 0 Å². The van der Waals surface area contributed by atoms with Crippen molar-refractivity contribution < 1.29 is 48.3 Å². The third kappa shape index (κ3) is 17.4. The van der Waals surface area contributed by atoms with Crippen molar-refractivity contribution in [2.75, 3.05) is 103 Å². The molecule has 1 fully saturated rings. The number of hydrogen-bond donors (Lipinski definition) is 7. The topological polar surface area (TPSA) is 302 Å². The lowest BCUT2D eigenvalue weighted by Gasteiger charge is -2.34. The van der Waals surface area contributed by atoms with E-state index in [4.69, 9.17) is 40.6 Å². The van der Waals surface area contributed by atoms with E-state index in [0.29, 0.717) is 78.1 Å². The molecule has 23 nitrogen and oxygen atoms in total. The van der Waals surface area contributed by atoms with Crippen molar-refractivity contribution in [1.29, 1.82) is 0 Å². The number of piperazine rings is 1. The molecule has 0 radical (unpaired) electrons. The predicted molar refractivity (Wildman–Crippen MR) is 251 cm³/mol. The Morgan fingerprint density at radius 2 is 1.66 bits per heavy atom. The molecule has 1 saturated heterocycles. The number of ether oxygens (including phenoxy) is 4. The summed E-state index contributed by atoms with van der Waals surface area (Å²) in [5.41, 5.74) is 15.8. The second kappa shape index (κ2) is 27.8. The van der Waals surface area contributed by atoms with Crippen molar-refractivity contribution in [3.8, 4) is 5.75 Å². The number of amides is 3. The lowest BCUT2D eigenvalue weighted by Crippen LogP contribution is -2.51. The van der Waals surface area contributed by atoms with Crippen LogP contribution in [-0.2, 0) is 54.8 Å². The molecule has 1 unspecified atom stereocenters. The fourth-order valence-electron chi connectivity index (χ4n) is 7.07. The molecule has 1 aromatic carbocycles. The van der Waals surface area contributed by atoms with E-state index in [1.54, 1.807) is 18.0 Å². The van der Waals surface area contributed by atoms with Gasteiger partial charge in [-0.2, -0.15) is 4.98 Å². The van der Waals surface area contributed by atoms with E-state index in [-0.39, 0.29) is 24.3 Å². The van der Waals surface area contributed by atoms with E-state index in [0.717, 1.165) is 90.9 Å². The first-order valence-electron chi connectivity index (χ1n) is 22.4. The number of methoxy groups -OCH3 is 1. The summed E-state index contributed by atoms with van der Waals surface area (Å²) in [6, 6.07) is 6.96. The fraction of sp³-hybridized carbons (Fsp3) is 0.581. The standard InChI is InChI=1S/C43H65N13O10S/c1-3-4-5-9-46-39-38-34(49-42(45)50-39)8-11-55(38)27-31-7-6-30(23-35(31)63-2)26-53-12-14-54(15-13-53)43(62)47-10-17-64-19-21-66-22-20-65-18-16-56-28-32(51-52-56)25-48-40(59)36(24-37(57)58)67-29-33(44)41(60)61/h6-8,11,23,28,33,36H,3-5,9-10,12-22,24-27,29,44H2,1-2H3,(H,47,62)(H,48,59)(H,57,58)(H,60,61)(H3,45,46,49,50)/t33-,36?/m0/s1. The normalized spacial score (nSPS) is 13.9. The number of carbonyl (C=O) groups is 4. The molecule has 0 saturated carbocycles. The summed E-state index contributed by atoms with van der Waals surface area (Å²) in [5.74, 6) is -1.33. The number of nitrogens with zero attached hydrogens (tertiary/aromatic N) is 8. The highest BCUT2D eigenvalue weighted by molar-refractivity contribution is 8.00. The van der Waals surface area contributed by atoms with Crippen LogP contribution in [0.2, 0.25) is 0 Å². The van der Waals surface area contributed by atoms with Crippen molar-refractivity contribution in [2.45, 2.75) is 70.1 Å². The minimum atomic E-state index is -1.24. The zero-order valence-corrected chi connectivity index (χ0v) is 39.1. The first kappa shape index (κ1) is 52.2. The van der Waals surface area contributed by atoms with Gasteiger partial charge in [-0.05, 0) is 24.1 Å². The second-order valence-corrected chi connectivity index (χ2v) is 17.0. The summed E-state index contributed by atoms with van der Waals surface area (Å²) in [6.07, 6.45) is 6.48. The number of aliphatic carboxylic acids is 2. The summed E-state index contributed by atoms with van der Waals surface area (Å²) in [4.78, 5) is 60.6. The van der Waals surface area contributed by atoms with Gasteiger partial charge in [0.05, 0.1) is 89.8 Å². The second-order valence-electron chi connectivity index (χ2n) is 15.8.